The van der Waals surface area contributed by atoms with E-state index < -0.39 is 35.6 Å². The van der Waals surface area contributed by atoms with Crippen LogP contribution < -0.4 is 4.74 Å². The fraction of sp³-hybridized carbons (Fsp3) is 0.429. The van der Waals surface area contributed by atoms with E-state index in [-0.39, 0.29) is 0 Å². The molecule has 8 nitrogen and oxygen atoms in total. The van der Waals surface area contributed by atoms with Crippen LogP contribution in [0.3, 0.4) is 0 Å². The molecule has 0 saturated carbocycles. The summed E-state index contributed by atoms with van der Waals surface area (Å²) in [5.41, 5.74) is 0.407. The van der Waals surface area contributed by atoms with Crippen molar-refractivity contribution in [1.29, 1.82) is 0 Å². The smallest absolute Gasteiger partial charge is 0.303 e. The highest BCUT2D eigenvalue weighted by molar-refractivity contribution is 5.66. The van der Waals surface area contributed by atoms with Crippen LogP contribution in [-0.4, -0.2) is 36.6 Å². The van der Waals surface area contributed by atoms with Crippen molar-refractivity contribution in [2.45, 2.75) is 26.0 Å². The monoisotopic (exact) mass is 311 g/mol. The van der Waals surface area contributed by atoms with Crippen LogP contribution in [0.25, 0.3) is 0 Å². The molecule has 2 atom stereocenters. The predicted molar refractivity (Wildman–Crippen MR) is 74.9 cm³/mol. The van der Waals surface area contributed by atoms with E-state index in [1.54, 1.807) is 24.3 Å². The number of carbonyl (C=O) groups is 2. The highest BCUT2D eigenvalue weighted by Crippen LogP contribution is 2.26. The Morgan fingerprint density at radius 2 is 1.77 bits per heavy atom. The number of benzene rings is 1. The van der Waals surface area contributed by atoms with Crippen molar-refractivity contribution in [3.63, 3.8) is 0 Å². The van der Waals surface area contributed by atoms with E-state index >= 15 is 0 Å². The van der Waals surface area contributed by atoms with Gasteiger partial charge in [0, 0.05) is 18.8 Å². The molecule has 1 rings (SSSR count). The zero-order valence-corrected chi connectivity index (χ0v) is 12.5. The zero-order chi connectivity index (χ0) is 16.7. The van der Waals surface area contributed by atoms with Crippen LogP contribution in [0, 0.1) is 10.1 Å². The number of nitrogens with zero attached hydrogens (tertiary/aromatic N) is 1. The summed E-state index contributed by atoms with van der Waals surface area (Å²) < 4.78 is 14.8. The lowest BCUT2D eigenvalue weighted by Gasteiger charge is -2.21. The Labute approximate surface area is 127 Å². The van der Waals surface area contributed by atoms with Crippen LogP contribution in [-0.2, 0) is 19.1 Å². The van der Waals surface area contributed by atoms with Crippen LogP contribution in [0.1, 0.15) is 25.5 Å². The molecule has 8 heteroatoms. The Morgan fingerprint density at radius 1 is 1.18 bits per heavy atom. The van der Waals surface area contributed by atoms with Gasteiger partial charge in [0.25, 0.3) is 6.04 Å². The van der Waals surface area contributed by atoms with E-state index in [2.05, 4.69) is 0 Å². The highest BCUT2D eigenvalue weighted by atomic mass is 16.6. The Hall–Kier alpha value is -2.64. The van der Waals surface area contributed by atoms with Crippen LogP contribution in [0.2, 0.25) is 0 Å². The fourth-order valence-corrected chi connectivity index (χ4v) is 1.80. The van der Waals surface area contributed by atoms with E-state index in [9.17, 15) is 19.7 Å². The topological polar surface area (TPSA) is 105 Å². The van der Waals surface area contributed by atoms with Gasteiger partial charge in [0.2, 0.25) is 0 Å². The molecule has 0 amide bonds. The number of hydrogen-bond donors (Lipinski definition) is 0. The van der Waals surface area contributed by atoms with Gasteiger partial charge in [-0.15, -0.1) is 0 Å². The lowest BCUT2D eigenvalue weighted by molar-refractivity contribution is -0.538. The first kappa shape index (κ1) is 17.4. The molecule has 22 heavy (non-hydrogen) atoms. The summed E-state index contributed by atoms with van der Waals surface area (Å²) in [4.78, 5) is 32.7. The van der Waals surface area contributed by atoms with Gasteiger partial charge >= 0.3 is 11.9 Å². The first-order valence-corrected chi connectivity index (χ1v) is 6.43. The molecular formula is C14H17NO7. The van der Waals surface area contributed by atoms with E-state index in [1.165, 1.54) is 7.11 Å². The van der Waals surface area contributed by atoms with E-state index in [4.69, 9.17) is 14.2 Å². The molecule has 0 bridgehead atoms. The predicted octanol–water partition coefficient (Wildman–Crippen LogP) is 1.51. The molecule has 0 saturated heterocycles. The molecule has 1 aromatic carbocycles. The summed E-state index contributed by atoms with van der Waals surface area (Å²) in [7, 11) is 1.49. The van der Waals surface area contributed by atoms with Crippen molar-refractivity contribution < 1.29 is 28.7 Å². The number of hydrogen-bond acceptors (Lipinski definition) is 7. The van der Waals surface area contributed by atoms with Gasteiger partial charge in [-0.2, -0.15) is 0 Å². The van der Waals surface area contributed by atoms with Crippen LogP contribution in [0.5, 0.6) is 5.75 Å². The maximum absolute atomic E-state index is 11.2. The number of methoxy groups -OCH3 is 1. The second kappa shape index (κ2) is 7.96. The Balaban J connectivity index is 3.08. The Kier molecular flexibility index (Phi) is 6.30. The quantitative estimate of drug-likeness (QED) is 0.427. The molecule has 0 aliphatic heterocycles. The molecule has 0 N–H and O–H groups in total. The van der Waals surface area contributed by atoms with Gasteiger partial charge in [0.05, 0.1) is 7.11 Å². The Morgan fingerprint density at radius 3 is 2.18 bits per heavy atom. The van der Waals surface area contributed by atoms with Gasteiger partial charge in [-0.1, -0.05) is 12.1 Å². The van der Waals surface area contributed by atoms with Crippen molar-refractivity contribution in [2.75, 3.05) is 13.7 Å². The molecule has 0 fully saturated rings. The minimum atomic E-state index is -1.40. The lowest BCUT2D eigenvalue weighted by atomic mass is 10.0. The summed E-state index contributed by atoms with van der Waals surface area (Å²) in [5.74, 6) is -0.762. The van der Waals surface area contributed by atoms with Crippen LogP contribution >= 0.6 is 0 Å². The number of esters is 2. The number of nitro groups is 1. The summed E-state index contributed by atoms with van der Waals surface area (Å²) in [6.07, 6.45) is -1.17. The van der Waals surface area contributed by atoms with E-state index in [0.717, 1.165) is 13.8 Å². The fourth-order valence-electron chi connectivity index (χ4n) is 1.80. The standard InChI is InChI=1S/C14H17NO7/c1-9(16)21-8-13(15(18)19)14(22-10(2)17)11-4-6-12(20-3)7-5-11/h4-7,13-14H,8H2,1-3H3. The van der Waals surface area contributed by atoms with Crippen LogP contribution in [0.15, 0.2) is 24.3 Å². The zero-order valence-electron chi connectivity index (χ0n) is 12.5. The van der Waals surface area contributed by atoms with E-state index in [0.29, 0.717) is 11.3 Å². The molecule has 0 aliphatic rings. The second-order valence-corrected chi connectivity index (χ2v) is 4.46. The van der Waals surface area contributed by atoms with Crippen LogP contribution in [0.4, 0.5) is 0 Å². The summed E-state index contributed by atoms with van der Waals surface area (Å²) >= 11 is 0. The maximum Gasteiger partial charge on any atom is 0.303 e. The molecule has 0 aromatic heterocycles. The molecule has 1 aromatic rings. The van der Waals surface area contributed by atoms with Gasteiger partial charge in [-0.25, -0.2) is 0 Å². The third-order valence-corrected chi connectivity index (χ3v) is 2.81. The minimum absolute atomic E-state index is 0.407. The highest BCUT2D eigenvalue weighted by Gasteiger charge is 2.36. The first-order chi connectivity index (χ1) is 10.3. The molecule has 120 valence electrons. The molecule has 0 aliphatic carbocycles. The average molecular weight is 311 g/mol. The van der Waals surface area contributed by atoms with Crippen molar-refractivity contribution in [2.24, 2.45) is 0 Å². The molecule has 0 radical (unpaired) electrons. The van der Waals surface area contributed by atoms with Gasteiger partial charge < -0.3 is 14.2 Å². The van der Waals surface area contributed by atoms with Gasteiger partial charge in [0.1, 0.15) is 5.75 Å². The average Bonchev–Trinajstić information content (AvgIpc) is 2.45. The Bertz CT molecular complexity index is 541. The molecule has 0 spiro atoms. The van der Waals surface area contributed by atoms with E-state index in [1.807, 2.05) is 0 Å². The van der Waals surface area contributed by atoms with Crippen molar-refractivity contribution in [3.8, 4) is 5.75 Å². The van der Waals surface area contributed by atoms with Crippen molar-refractivity contribution in [3.05, 3.63) is 39.9 Å². The molecular weight excluding hydrogens is 294 g/mol. The lowest BCUT2D eigenvalue weighted by Crippen LogP contribution is -2.35. The third-order valence-electron chi connectivity index (χ3n) is 2.81. The van der Waals surface area contributed by atoms with Crippen molar-refractivity contribution >= 4 is 11.9 Å². The maximum atomic E-state index is 11.2. The van der Waals surface area contributed by atoms with Gasteiger partial charge in [0.15, 0.2) is 12.7 Å². The number of carbonyl (C=O) groups excluding carboxylic acids is 2. The molecule has 2 unspecified atom stereocenters. The molecule has 0 heterocycles. The summed E-state index contributed by atoms with van der Waals surface area (Å²) in [5, 5.41) is 11.2. The van der Waals surface area contributed by atoms with Crippen molar-refractivity contribution in [1.82, 2.24) is 0 Å². The summed E-state index contributed by atoms with van der Waals surface area (Å²) in [6.45, 7) is 1.80. The van der Waals surface area contributed by atoms with Gasteiger partial charge in [-0.05, 0) is 17.7 Å². The minimum Gasteiger partial charge on any atom is -0.497 e. The number of ether oxygens (including phenoxy) is 3. The third kappa shape index (κ3) is 5.04. The number of rotatable bonds is 7. The van der Waals surface area contributed by atoms with Gasteiger partial charge in [-0.3, -0.25) is 19.7 Å². The first-order valence-electron chi connectivity index (χ1n) is 6.43. The largest absolute Gasteiger partial charge is 0.497 e. The second-order valence-electron chi connectivity index (χ2n) is 4.46. The normalized spacial score (nSPS) is 12.9. The SMILES string of the molecule is COc1ccc(C(OC(C)=O)C(COC(C)=O)[N+](=O)[O-])cc1. The summed E-state index contributed by atoms with van der Waals surface area (Å²) in [6, 6.07) is 4.89.